The van der Waals surface area contributed by atoms with Crippen molar-refractivity contribution in [1.82, 2.24) is 4.98 Å². The Morgan fingerprint density at radius 2 is 1.56 bits per heavy atom. The van der Waals surface area contributed by atoms with Crippen molar-refractivity contribution in [3.63, 3.8) is 0 Å². The first-order chi connectivity index (χ1) is 8.95. The quantitative estimate of drug-likeness (QED) is 0.582. The zero-order valence-electron chi connectivity index (χ0n) is 10.1. The van der Waals surface area contributed by atoms with Crippen molar-refractivity contribution in [3.8, 4) is 0 Å². The molecule has 1 aromatic heterocycles. The van der Waals surface area contributed by atoms with Crippen LogP contribution in [0.2, 0.25) is 0 Å². The largest absolute Gasteiger partial charge is 0.291 e. The second-order valence-corrected chi connectivity index (χ2v) is 3.74. The summed E-state index contributed by atoms with van der Waals surface area (Å²) in [4.78, 5) is 12.7. The fourth-order valence-electron chi connectivity index (χ4n) is 1.43. The second-order valence-electron chi connectivity index (χ2n) is 3.74. The third-order valence-corrected chi connectivity index (χ3v) is 2.31. The second kappa shape index (κ2) is 7.12. The lowest BCUT2D eigenvalue weighted by Crippen LogP contribution is -1.91. The number of hydrogen-bond donors (Lipinski definition) is 0. The highest BCUT2D eigenvalue weighted by Crippen LogP contribution is 1.93. The van der Waals surface area contributed by atoms with Crippen LogP contribution in [0.5, 0.6) is 0 Å². The number of rotatable bonds is 5. The van der Waals surface area contributed by atoms with E-state index < -0.39 is 0 Å². The van der Waals surface area contributed by atoms with Crippen molar-refractivity contribution in [2.75, 3.05) is 13.1 Å². The van der Waals surface area contributed by atoms with Crippen LogP contribution in [0, 0.1) is 0 Å². The van der Waals surface area contributed by atoms with Crippen LogP contribution in [0.25, 0.3) is 0 Å². The van der Waals surface area contributed by atoms with E-state index in [4.69, 9.17) is 0 Å². The van der Waals surface area contributed by atoms with Gasteiger partial charge in [-0.1, -0.05) is 36.4 Å². The first-order valence-corrected chi connectivity index (χ1v) is 5.91. The van der Waals surface area contributed by atoms with E-state index in [1.807, 2.05) is 54.7 Å². The van der Waals surface area contributed by atoms with Crippen molar-refractivity contribution < 1.29 is 0 Å². The minimum atomic E-state index is 0.680. The van der Waals surface area contributed by atoms with Gasteiger partial charge in [-0.05, 0) is 17.7 Å². The molecule has 2 rings (SSSR count). The number of pyridine rings is 1. The van der Waals surface area contributed by atoms with Gasteiger partial charge in [0.1, 0.15) is 0 Å². The molecule has 3 heteroatoms. The molecule has 0 N–H and O–H groups in total. The summed E-state index contributed by atoms with van der Waals surface area (Å²) in [5, 5.41) is 0. The van der Waals surface area contributed by atoms with Crippen molar-refractivity contribution in [2.24, 2.45) is 9.98 Å². The molecule has 0 aliphatic carbocycles. The molecule has 18 heavy (non-hydrogen) atoms. The number of aliphatic imine (C=N–C) groups is 2. The molecule has 0 aliphatic rings. The van der Waals surface area contributed by atoms with Crippen LogP contribution >= 0.6 is 0 Å². The van der Waals surface area contributed by atoms with Gasteiger partial charge in [0.2, 0.25) is 0 Å². The lowest BCUT2D eigenvalue weighted by atomic mass is 10.2. The van der Waals surface area contributed by atoms with Crippen LogP contribution in [-0.4, -0.2) is 30.5 Å². The summed E-state index contributed by atoms with van der Waals surface area (Å²) in [5.74, 6) is 0. The van der Waals surface area contributed by atoms with Crippen LogP contribution in [0.3, 0.4) is 0 Å². The third-order valence-electron chi connectivity index (χ3n) is 2.31. The Morgan fingerprint density at radius 1 is 0.833 bits per heavy atom. The molecule has 1 aromatic carbocycles. The van der Waals surface area contributed by atoms with Crippen LogP contribution < -0.4 is 0 Å². The van der Waals surface area contributed by atoms with Gasteiger partial charge >= 0.3 is 0 Å². The number of nitrogens with zero attached hydrogens (tertiary/aromatic N) is 3. The Hall–Kier alpha value is -2.29. The van der Waals surface area contributed by atoms with Crippen molar-refractivity contribution >= 4 is 12.4 Å². The summed E-state index contributed by atoms with van der Waals surface area (Å²) in [6.07, 6.45) is 5.41. The molecule has 0 amide bonds. The van der Waals surface area contributed by atoms with E-state index in [2.05, 4.69) is 15.0 Å². The molecule has 90 valence electrons. The normalized spacial score (nSPS) is 11.3. The van der Waals surface area contributed by atoms with Crippen LogP contribution in [-0.2, 0) is 0 Å². The smallest absolute Gasteiger partial charge is 0.0807 e. The van der Waals surface area contributed by atoms with Crippen molar-refractivity contribution in [2.45, 2.75) is 0 Å². The maximum absolute atomic E-state index is 4.31. The Kier molecular flexibility index (Phi) is 4.81. The highest BCUT2D eigenvalue weighted by molar-refractivity contribution is 5.79. The van der Waals surface area contributed by atoms with E-state index in [0.717, 1.165) is 11.3 Å². The van der Waals surface area contributed by atoms with E-state index in [1.54, 1.807) is 12.4 Å². The number of benzene rings is 1. The molecule has 0 saturated carbocycles. The molecule has 0 fully saturated rings. The molecule has 0 radical (unpaired) electrons. The van der Waals surface area contributed by atoms with Gasteiger partial charge in [0, 0.05) is 18.6 Å². The third kappa shape index (κ3) is 4.29. The fraction of sp³-hybridized carbons (Fsp3) is 0.133. The van der Waals surface area contributed by atoms with Gasteiger partial charge in [0.15, 0.2) is 0 Å². The molecule has 0 bridgehead atoms. The summed E-state index contributed by atoms with van der Waals surface area (Å²) in [6.45, 7) is 1.37. The van der Waals surface area contributed by atoms with Crippen LogP contribution in [0.4, 0.5) is 0 Å². The summed E-state index contributed by atoms with van der Waals surface area (Å²) in [7, 11) is 0. The molecular weight excluding hydrogens is 222 g/mol. The standard InChI is InChI=1S/C15H15N3/c1-2-6-14(7-3-1)12-16-10-11-17-13-15-8-4-5-9-18-15/h1-9,12-13H,10-11H2. The molecule has 3 nitrogen and oxygen atoms in total. The van der Waals surface area contributed by atoms with E-state index >= 15 is 0 Å². The average Bonchev–Trinajstić information content (AvgIpc) is 2.45. The summed E-state index contributed by atoms with van der Waals surface area (Å²) in [5.41, 5.74) is 2.00. The van der Waals surface area contributed by atoms with Gasteiger partial charge in [-0.25, -0.2) is 0 Å². The van der Waals surface area contributed by atoms with E-state index in [0.29, 0.717) is 13.1 Å². The Labute approximate surface area is 107 Å². The topological polar surface area (TPSA) is 37.6 Å². The van der Waals surface area contributed by atoms with Gasteiger partial charge in [0.25, 0.3) is 0 Å². The van der Waals surface area contributed by atoms with E-state index in [1.165, 1.54) is 0 Å². The summed E-state index contributed by atoms with van der Waals surface area (Å²) >= 11 is 0. The molecular formula is C15H15N3. The number of aromatic nitrogens is 1. The minimum Gasteiger partial charge on any atom is -0.291 e. The minimum absolute atomic E-state index is 0.680. The molecule has 1 heterocycles. The van der Waals surface area contributed by atoms with Crippen molar-refractivity contribution in [1.29, 1.82) is 0 Å². The summed E-state index contributed by atoms with van der Waals surface area (Å²) < 4.78 is 0. The Morgan fingerprint density at radius 3 is 2.28 bits per heavy atom. The zero-order valence-corrected chi connectivity index (χ0v) is 10.1. The maximum Gasteiger partial charge on any atom is 0.0807 e. The molecule has 0 saturated heterocycles. The lowest BCUT2D eigenvalue weighted by molar-refractivity contribution is 0.983. The molecule has 0 atom stereocenters. The first kappa shape index (κ1) is 12.2. The fourth-order valence-corrected chi connectivity index (χ4v) is 1.43. The van der Waals surface area contributed by atoms with Gasteiger partial charge in [-0.15, -0.1) is 0 Å². The van der Waals surface area contributed by atoms with Gasteiger partial charge in [-0.3, -0.25) is 15.0 Å². The lowest BCUT2D eigenvalue weighted by Gasteiger charge is -1.92. The molecule has 2 aromatic rings. The molecule has 0 spiro atoms. The maximum atomic E-state index is 4.31. The number of hydrogen-bond acceptors (Lipinski definition) is 3. The van der Waals surface area contributed by atoms with Crippen LogP contribution in [0.15, 0.2) is 64.7 Å². The van der Waals surface area contributed by atoms with Crippen LogP contribution in [0.1, 0.15) is 11.3 Å². The Balaban J connectivity index is 1.73. The molecule has 0 unspecified atom stereocenters. The summed E-state index contributed by atoms with van der Waals surface area (Å²) in [6, 6.07) is 15.8. The van der Waals surface area contributed by atoms with Crippen molar-refractivity contribution in [3.05, 3.63) is 66.0 Å². The monoisotopic (exact) mass is 237 g/mol. The Bertz CT molecular complexity index is 454. The predicted octanol–water partition coefficient (Wildman–Crippen LogP) is 2.62. The van der Waals surface area contributed by atoms with Gasteiger partial charge in [-0.2, -0.15) is 0 Å². The average molecular weight is 237 g/mol. The highest BCUT2D eigenvalue weighted by Gasteiger charge is 1.85. The zero-order chi connectivity index (χ0) is 12.5. The first-order valence-electron chi connectivity index (χ1n) is 5.91. The van der Waals surface area contributed by atoms with E-state index in [9.17, 15) is 0 Å². The van der Waals surface area contributed by atoms with E-state index in [-0.39, 0.29) is 0 Å². The van der Waals surface area contributed by atoms with Gasteiger partial charge in [0.05, 0.1) is 18.8 Å². The SMILES string of the molecule is C(=NCCN=Cc1ccccn1)c1ccccc1. The highest BCUT2D eigenvalue weighted by atomic mass is 14.8. The van der Waals surface area contributed by atoms with Gasteiger partial charge < -0.3 is 0 Å². The predicted molar refractivity (Wildman–Crippen MR) is 75.6 cm³/mol. The molecule has 0 aliphatic heterocycles.